The van der Waals surface area contributed by atoms with Crippen LogP contribution >= 0.6 is 11.6 Å². The Hall–Kier alpha value is -0.690. The second kappa shape index (κ2) is 15.3. The normalized spacial score (nSPS) is 7.41. The van der Waals surface area contributed by atoms with Crippen molar-refractivity contribution in [3.05, 3.63) is 28.3 Å². The number of rotatable bonds is 1. The molecule has 0 amide bonds. The van der Waals surface area contributed by atoms with Gasteiger partial charge in [-0.25, -0.2) is 0 Å². The van der Waals surface area contributed by atoms with E-state index in [0.717, 1.165) is 21.9 Å². The van der Waals surface area contributed by atoms with Crippen molar-refractivity contribution in [1.82, 2.24) is 0 Å². The maximum Gasteiger partial charge on any atom is 0.122 e. The summed E-state index contributed by atoms with van der Waals surface area (Å²) in [6.07, 6.45) is 0. The maximum absolute atomic E-state index is 5.89. The van der Waals surface area contributed by atoms with Gasteiger partial charge in [0.05, 0.1) is 7.11 Å². The van der Waals surface area contributed by atoms with E-state index in [9.17, 15) is 0 Å². The van der Waals surface area contributed by atoms with Crippen LogP contribution in [0.3, 0.4) is 0 Å². The first-order valence-corrected chi connectivity index (χ1v) is 6.83. The van der Waals surface area contributed by atoms with Crippen LogP contribution in [0.25, 0.3) is 0 Å². The molecule has 17 heavy (non-hydrogen) atoms. The van der Waals surface area contributed by atoms with Gasteiger partial charge in [0.1, 0.15) is 5.75 Å². The largest absolute Gasteiger partial charge is 0.496 e. The first kappa shape index (κ1) is 21.6. The highest BCUT2D eigenvalue weighted by Crippen LogP contribution is 2.25. The van der Waals surface area contributed by atoms with Crippen LogP contribution in [0.1, 0.15) is 52.7 Å². The predicted molar refractivity (Wildman–Crippen MR) is 81.5 cm³/mol. The van der Waals surface area contributed by atoms with E-state index < -0.39 is 0 Å². The molecule has 0 aliphatic rings. The quantitative estimate of drug-likeness (QED) is 0.598. The van der Waals surface area contributed by atoms with Crippen LogP contribution in [0.4, 0.5) is 0 Å². The van der Waals surface area contributed by atoms with E-state index >= 15 is 0 Å². The van der Waals surface area contributed by atoms with Gasteiger partial charge < -0.3 is 4.74 Å². The minimum absolute atomic E-state index is 0.795. The second-order valence-electron chi connectivity index (χ2n) is 2.57. The van der Waals surface area contributed by atoms with E-state index in [1.807, 2.05) is 67.5 Å². The lowest BCUT2D eigenvalue weighted by Crippen LogP contribution is -1.88. The summed E-state index contributed by atoms with van der Waals surface area (Å²) in [5.41, 5.74) is 2.12. The molecule has 102 valence electrons. The van der Waals surface area contributed by atoms with Gasteiger partial charge in [0.15, 0.2) is 0 Å². The van der Waals surface area contributed by atoms with E-state index in [-0.39, 0.29) is 0 Å². The van der Waals surface area contributed by atoms with Crippen molar-refractivity contribution in [1.29, 1.82) is 0 Å². The Balaban J connectivity index is -0.000000285. The highest BCUT2D eigenvalue weighted by molar-refractivity contribution is 6.31. The highest BCUT2D eigenvalue weighted by Gasteiger charge is 2.01. The molecule has 0 atom stereocenters. The highest BCUT2D eigenvalue weighted by atomic mass is 35.5. The Morgan fingerprint density at radius 2 is 1.24 bits per heavy atom. The molecule has 1 aromatic carbocycles. The molecule has 1 nitrogen and oxygen atoms in total. The molecule has 0 bridgehead atoms. The fourth-order valence-corrected chi connectivity index (χ4v) is 1.19. The van der Waals surface area contributed by atoms with E-state index in [4.69, 9.17) is 16.3 Å². The van der Waals surface area contributed by atoms with Gasteiger partial charge in [-0.05, 0) is 37.1 Å². The predicted octanol–water partition coefficient (Wildman–Crippen LogP) is 6.04. The minimum Gasteiger partial charge on any atom is -0.496 e. The van der Waals surface area contributed by atoms with Crippen molar-refractivity contribution >= 4 is 11.6 Å². The lowest BCUT2D eigenvalue weighted by Gasteiger charge is -2.06. The number of benzene rings is 1. The van der Waals surface area contributed by atoms with Crippen LogP contribution in [-0.4, -0.2) is 7.11 Å². The van der Waals surface area contributed by atoms with Gasteiger partial charge in [0.25, 0.3) is 0 Å². The molecule has 2 heteroatoms. The van der Waals surface area contributed by atoms with Crippen molar-refractivity contribution in [2.45, 2.75) is 55.4 Å². The van der Waals surface area contributed by atoms with Crippen LogP contribution in [-0.2, 0) is 0 Å². The lowest BCUT2D eigenvalue weighted by molar-refractivity contribution is 0.411. The molecule has 0 saturated carbocycles. The molecular formula is C15H29ClO. The molecule has 0 radical (unpaired) electrons. The average Bonchev–Trinajstić information content (AvgIpc) is 2.41. The molecule has 0 unspecified atom stereocenters. The Labute approximate surface area is 113 Å². The summed E-state index contributed by atoms with van der Waals surface area (Å²) in [5.74, 6) is 0.895. The summed E-state index contributed by atoms with van der Waals surface area (Å²) < 4.78 is 5.12. The van der Waals surface area contributed by atoms with Gasteiger partial charge in [0, 0.05) is 5.02 Å². The third-order valence-corrected chi connectivity index (χ3v) is 2.08. The van der Waals surface area contributed by atoms with Gasteiger partial charge >= 0.3 is 0 Å². The van der Waals surface area contributed by atoms with Crippen LogP contribution in [0.15, 0.2) is 12.1 Å². The van der Waals surface area contributed by atoms with E-state index in [1.54, 1.807) is 7.11 Å². The van der Waals surface area contributed by atoms with E-state index in [0.29, 0.717) is 0 Å². The average molecular weight is 261 g/mol. The van der Waals surface area contributed by atoms with Gasteiger partial charge in [-0.3, -0.25) is 0 Å². The van der Waals surface area contributed by atoms with E-state index in [1.165, 1.54) is 0 Å². The minimum atomic E-state index is 0.795. The zero-order valence-electron chi connectivity index (χ0n) is 12.9. The Morgan fingerprint density at radius 3 is 1.59 bits per heavy atom. The number of hydrogen-bond acceptors (Lipinski definition) is 1. The molecule has 0 saturated heterocycles. The van der Waals surface area contributed by atoms with Crippen LogP contribution in [0.5, 0.6) is 5.75 Å². The smallest absolute Gasteiger partial charge is 0.122 e. The summed E-state index contributed by atoms with van der Waals surface area (Å²) in [5, 5.41) is 0.795. The SMILES string of the molecule is CC.CC.CC.COc1cc(C)c(Cl)cc1C. The molecule has 1 aromatic rings. The zero-order valence-corrected chi connectivity index (χ0v) is 13.7. The van der Waals surface area contributed by atoms with Crippen molar-refractivity contribution in [3.8, 4) is 5.75 Å². The van der Waals surface area contributed by atoms with Gasteiger partial charge in [0.2, 0.25) is 0 Å². The molecular weight excluding hydrogens is 232 g/mol. The Kier molecular flexibility index (Phi) is 19.4. The zero-order chi connectivity index (χ0) is 14.4. The number of halogens is 1. The summed E-state index contributed by atoms with van der Waals surface area (Å²) in [6, 6.07) is 3.85. The summed E-state index contributed by atoms with van der Waals surface area (Å²) in [6.45, 7) is 15.9. The molecule has 0 spiro atoms. The number of methoxy groups -OCH3 is 1. The van der Waals surface area contributed by atoms with Gasteiger partial charge in [-0.15, -0.1) is 0 Å². The van der Waals surface area contributed by atoms with Crippen LogP contribution in [0.2, 0.25) is 5.02 Å². The lowest BCUT2D eigenvalue weighted by atomic mass is 10.1. The van der Waals surface area contributed by atoms with Crippen molar-refractivity contribution in [2.75, 3.05) is 7.11 Å². The summed E-state index contributed by atoms with van der Waals surface area (Å²) in [4.78, 5) is 0. The Bertz CT molecular complexity index is 270. The molecule has 0 aromatic heterocycles. The number of aryl methyl sites for hydroxylation is 2. The number of ether oxygens (including phenoxy) is 1. The van der Waals surface area contributed by atoms with Crippen LogP contribution in [0, 0.1) is 13.8 Å². The fourth-order valence-electron chi connectivity index (χ4n) is 0.974. The fraction of sp³-hybridized carbons (Fsp3) is 0.600. The molecule has 0 heterocycles. The summed E-state index contributed by atoms with van der Waals surface area (Å²) in [7, 11) is 1.66. The van der Waals surface area contributed by atoms with E-state index in [2.05, 4.69) is 0 Å². The molecule has 1 rings (SSSR count). The summed E-state index contributed by atoms with van der Waals surface area (Å²) >= 11 is 5.89. The molecule has 0 aliphatic carbocycles. The maximum atomic E-state index is 5.89. The van der Waals surface area contributed by atoms with Crippen molar-refractivity contribution in [3.63, 3.8) is 0 Å². The molecule has 0 N–H and O–H groups in total. The number of hydrogen-bond donors (Lipinski definition) is 0. The molecule has 0 aliphatic heterocycles. The standard InChI is InChI=1S/C9H11ClO.3C2H6/c1-6-5-9(11-3)7(2)4-8(6)10;3*1-2/h4-5H,1-3H3;3*1-2H3. The Morgan fingerprint density at radius 1 is 0.824 bits per heavy atom. The monoisotopic (exact) mass is 260 g/mol. The third kappa shape index (κ3) is 9.05. The topological polar surface area (TPSA) is 9.23 Å². The molecule has 0 fully saturated rings. The van der Waals surface area contributed by atoms with Crippen LogP contribution < -0.4 is 4.74 Å². The third-order valence-electron chi connectivity index (χ3n) is 1.68. The second-order valence-corrected chi connectivity index (χ2v) is 2.98. The first-order valence-electron chi connectivity index (χ1n) is 6.46. The van der Waals surface area contributed by atoms with Crippen molar-refractivity contribution in [2.24, 2.45) is 0 Å². The first-order chi connectivity index (χ1) is 8.15. The van der Waals surface area contributed by atoms with Gasteiger partial charge in [-0.2, -0.15) is 0 Å². The van der Waals surface area contributed by atoms with Gasteiger partial charge in [-0.1, -0.05) is 53.1 Å². The van der Waals surface area contributed by atoms with Crippen molar-refractivity contribution < 1.29 is 4.74 Å².